The second-order valence-electron chi connectivity index (χ2n) is 7.73. The standard InChI is InChI=1S/C19H23BrN6O4/c1-19(2,3)10-26(18(29)30)9-11-4-6-12(7-5-11)16(27)24-25-17(28)14-15(21)22-8-13(20)23-14/h4-8H,9-10H2,1-3H3,(H2,21,22)(H,24,27)(H,25,28)(H,29,30). The van der Waals surface area contributed by atoms with Crippen LogP contribution >= 0.6 is 15.9 Å². The van der Waals surface area contributed by atoms with Crippen LogP contribution in [0.25, 0.3) is 0 Å². The van der Waals surface area contributed by atoms with Gasteiger partial charge in [0.25, 0.3) is 11.8 Å². The van der Waals surface area contributed by atoms with Gasteiger partial charge in [-0.15, -0.1) is 0 Å². The molecule has 0 atom stereocenters. The SMILES string of the molecule is CC(C)(C)CN(Cc1ccc(C(=O)NNC(=O)c2nc(Br)cnc2N)cc1)C(=O)O. The first-order chi connectivity index (χ1) is 14.0. The molecule has 30 heavy (non-hydrogen) atoms. The smallest absolute Gasteiger partial charge is 0.407 e. The van der Waals surface area contributed by atoms with E-state index in [1.807, 2.05) is 20.8 Å². The number of hydrogen-bond donors (Lipinski definition) is 4. The highest BCUT2D eigenvalue weighted by molar-refractivity contribution is 9.10. The number of carbonyl (C=O) groups is 3. The third kappa shape index (κ3) is 6.69. The second-order valence-corrected chi connectivity index (χ2v) is 8.54. The minimum absolute atomic E-state index is 0.0763. The van der Waals surface area contributed by atoms with E-state index in [2.05, 4.69) is 36.7 Å². The van der Waals surface area contributed by atoms with Gasteiger partial charge >= 0.3 is 6.09 Å². The quantitative estimate of drug-likeness (QED) is 0.481. The molecular formula is C19H23BrN6O4. The number of hydrazine groups is 1. The summed E-state index contributed by atoms with van der Waals surface area (Å²) in [7, 11) is 0. The molecule has 0 aliphatic carbocycles. The lowest BCUT2D eigenvalue weighted by Crippen LogP contribution is -2.42. The summed E-state index contributed by atoms with van der Waals surface area (Å²) in [6.07, 6.45) is 0.337. The van der Waals surface area contributed by atoms with Crippen LogP contribution in [0.5, 0.6) is 0 Å². The molecule has 0 saturated heterocycles. The van der Waals surface area contributed by atoms with E-state index in [0.717, 1.165) is 5.56 Å². The molecule has 5 N–H and O–H groups in total. The number of benzene rings is 1. The molecule has 160 valence electrons. The van der Waals surface area contributed by atoms with E-state index >= 15 is 0 Å². The van der Waals surface area contributed by atoms with Crippen molar-refractivity contribution in [2.75, 3.05) is 12.3 Å². The Kier molecular flexibility index (Phi) is 7.33. The monoisotopic (exact) mass is 478 g/mol. The third-order valence-electron chi connectivity index (χ3n) is 3.80. The maximum Gasteiger partial charge on any atom is 0.407 e. The molecule has 0 aliphatic heterocycles. The van der Waals surface area contributed by atoms with Crippen LogP contribution in [0.2, 0.25) is 0 Å². The molecule has 0 fully saturated rings. The van der Waals surface area contributed by atoms with Crippen molar-refractivity contribution in [2.45, 2.75) is 27.3 Å². The van der Waals surface area contributed by atoms with E-state index in [1.54, 1.807) is 24.3 Å². The minimum Gasteiger partial charge on any atom is -0.465 e. The van der Waals surface area contributed by atoms with Gasteiger partial charge in [0.05, 0.1) is 6.20 Å². The zero-order valence-corrected chi connectivity index (χ0v) is 18.4. The first kappa shape index (κ1) is 23.1. The lowest BCUT2D eigenvalue weighted by molar-refractivity contribution is 0.0844. The lowest BCUT2D eigenvalue weighted by atomic mass is 9.96. The largest absolute Gasteiger partial charge is 0.465 e. The van der Waals surface area contributed by atoms with Gasteiger partial charge in [0.1, 0.15) is 4.60 Å². The number of nitrogens with two attached hydrogens (primary N) is 1. The highest BCUT2D eigenvalue weighted by atomic mass is 79.9. The Hall–Kier alpha value is -3.21. The Labute approximate surface area is 182 Å². The van der Waals surface area contributed by atoms with E-state index in [-0.39, 0.29) is 29.0 Å². The summed E-state index contributed by atoms with van der Waals surface area (Å²) in [5.41, 5.74) is 10.8. The van der Waals surface area contributed by atoms with Crippen LogP contribution in [0.1, 0.15) is 47.2 Å². The highest BCUT2D eigenvalue weighted by Crippen LogP contribution is 2.18. The zero-order valence-electron chi connectivity index (χ0n) is 16.8. The summed E-state index contributed by atoms with van der Waals surface area (Å²) < 4.78 is 0.325. The Morgan fingerprint density at radius 1 is 1.13 bits per heavy atom. The average Bonchev–Trinajstić information content (AvgIpc) is 2.66. The number of carboxylic acid groups (broad SMARTS) is 1. The van der Waals surface area contributed by atoms with Gasteiger partial charge in [-0.2, -0.15) is 0 Å². The fourth-order valence-corrected chi connectivity index (χ4v) is 2.81. The highest BCUT2D eigenvalue weighted by Gasteiger charge is 2.21. The van der Waals surface area contributed by atoms with Crippen molar-refractivity contribution in [1.82, 2.24) is 25.7 Å². The summed E-state index contributed by atoms with van der Waals surface area (Å²) in [5, 5.41) is 9.39. The molecule has 3 amide bonds. The molecule has 10 nitrogen and oxygen atoms in total. The number of aromatic nitrogens is 2. The Bertz CT molecular complexity index is 943. The normalized spacial score (nSPS) is 10.9. The number of nitrogen functional groups attached to an aromatic ring is 1. The third-order valence-corrected chi connectivity index (χ3v) is 4.18. The van der Waals surface area contributed by atoms with E-state index in [0.29, 0.717) is 11.1 Å². The fraction of sp³-hybridized carbons (Fsp3) is 0.316. The van der Waals surface area contributed by atoms with Crippen molar-refractivity contribution in [3.05, 3.63) is 51.9 Å². The molecular weight excluding hydrogens is 456 g/mol. The van der Waals surface area contributed by atoms with Crippen molar-refractivity contribution >= 4 is 39.7 Å². The number of amides is 3. The summed E-state index contributed by atoms with van der Waals surface area (Å²) >= 11 is 3.09. The van der Waals surface area contributed by atoms with Crippen LogP contribution in [0.3, 0.4) is 0 Å². The first-order valence-electron chi connectivity index (χ1n) is 8.92. The molecule has 0 radical (unpaired) electrons. The maximum absolute atomic E-state index is 12.3. The van der Waals surface area contributed by atoms with E-state index in [9.17, 15) is 19.5 Å². The number of anilines is 1. The van der Waals surface area contributed by atoms with Crippen LogP contribution in [0.15, 0.2) is 35.1 Å². The number of rotatable bonds is 5. The molecule has 11 heteroatoms. The van der Waals surface area contributed by atoms with Crippen molar-refractivity contribution in [3.63, 3.8) is 0 Å². The second kappa shape index (κ2) is 9.53. The summed E-state index contributed by atoms with van der Waals surface area (Å²) in [6.45, 7) is 6.44. The van der Waals surface area contributed by atoms with Crippen molar-refractivity contribution in [1.29, 1.82) is 0 Å². The minimum atomic E-state index is -1.01. The summed E-state index contributed by atoms with van der Waals surface area (Å²) in [5.74, 6) is -1.35. The summed E-state index contributed by atoms with van der Waals surface area (Å²) in [4.78, 5) is 44.9. The summed E-state index contributed by atoms with van der Waals surface area (Å²) in [6, 6.07) is 6.41. The van der Waals surface area contributed by atoms with E-state index in [4.69, 9.17) is 5.73 Å². The van der Waals surface area contributed by atoms with Gasteiger partial charge in [-0.3, -0.25) is 20.4 Å². The van der Waals surface area contributed by atoms with Gasteiger partial charge < -0.3 is 15.7 Å². The number of nitrogens with zero attached hydrogens (tertiary/aromatic N) is 3. The van der Waals surface area contributed by atoms with Crippen molar-refractivity contribution < 1.29 is 19.5 Å². The lowest BCUT2D eigenvalue weighted by Gasteiger charge is -2.27. The van der Waals surface area contributed by atoms with Crippen LogP contribution in [-0.4, -0.2) is 44.4 Å². The van der Waals surface area contributed by atoms with Gasteiger partial charge in [0.2, 0.25) is 0 Å². The van der Waals surface area contributed by atoms with Crippen LogP contribution in [0.4, 0.5) is 10.6 Å². The maximum atomic E-state index is 12.3. The molecule has 2 aromatic rings. The predicted molar refractivity (Wildman–Crippen MR) is 113 cm³/mol. The van der Waals surface area contributed by atoms with Gasteiger partial charge in [-0.25, -0.2) is 14.8 Å². The molecule has 0 saturated carbocycles. The molecule has 2 rings (SSSR count). The van der Waals surface area contributed by atoms with Gasteiger partial charge in [0, 0.05) is 18.7 Å². The molecule has 0 aliphatic rings. The van der Waals surface area contributed by atoms with Crippen molar-refractivity contribution in [3.8, 4) is 0 Å². The number of nitrogens with one attached hydrogen (secondary N) is 2. The predicted octanol–water partition coefficient (Wildman–Crippen LogP) is 2.42. The fourth-order valence-electron chi connectivity index (χ4n) is 2.53. The topological polar surface area (TPSA) is 151 Å². The zero-order chi connectivity index (χ0) is 22.5. The van der Waals surface area contributed by atoms with E-state index < -0.39 is 17.9 Å². The first-order valence-corrected chi connectivity index (χ1v) is 9.71. The molecule has 0 bridgehead atoms. The van der Waals surface area contributed by atoms with Crippen molar-refractivity contribution in [2.24, 2.45) is 5.41 Å². The van der Waals surface area contributed by atoms with Crippen LogP contribution in [0, 0.1) is 5.41 Å². The average molecular weight is 479 g/mol. The van der Waals surface area contributed by atoms with Gasteiger partial charge in [0.15, 0.2) is 11.5 Å². The van der Waals surface area contributed by atoms with Crippen LogP contribution < -0.4 is 16.6 Å². The molecule has 1 aromatic carbocycles. The number of halogens is 1. The Morgan fingerprint density at radius 2 is 1.73 bits per heavy atom. The number of hydrogen-bond acceptors (Lipinski definition) is 6. The van der Waals surface area contributed by atoms with Crippen LogP contribution in [-0.2, 0) is 6.54 Å². The Morgan fingerprint density at radius 3 is 2.30 bits per heavy atom. The number of carbonyl (C=O) groups excluding carboxylic acids is 2. The molecule has 0 spiro atoms. The van der Waals surface area contributed by atoms with Gasteiger partial charge in [-0.1, -0.05) is 32.9 Å². The van der Waals surface area contributed by atoms with E-state index in [1.165, 1.54) is 11.1 Å². The van der Waals surface area contributed by atoms with Gasteiger partial charge in [-0.05, 0) is 39.0 Å². The molecule has 1 aromatic heterocycles. The molecule has 0 unspecified atom stereocenters. The molecule has 1 heterocycles. The Balaban J connectivity index is 1.98.